The van der Waals surface area contributed by atoms with Crippen molar-refractivity contribution in [2.75, 3.05) is 11.4 Å². The molecule has 1 fully saturated rings. The molecule has 140 valence electrons. The largest absolute Gasteiger partial charge is 0.348 e. The van der Waals surface area contributed by atoms with Crippen LogP contribution in [-0.4, -0.2) is 31.1 Å². The number of rotatable bonds is 3. The molecule has 1 saturated carbocycles. The van der Waals surface area contributed by atoms with Crippen LogP contribution in [0.2, 0.25) is 0 Å². The molecule has 0 amide bonds. The van der Waals surface area contributed by atoms with E-state index in [9.17, 15) is 0 Å². The van der Waals surface area contributed by atoms with Gasteiger partial charge in [-0.1, -0.05) is 12.1 Å². The van der Waals surface area contributed by atoms with E-state index >= 15 is 0 Å². The molecule has 6 nitrogen and oxygen atoms in total. The molecular formula is C22H22N6. The summed E-state index contributed by atoms with van der Waals surface area (Å²) in [4.78, 5) is 15.0. The van der Waals surface area contributed by atoms with Crippen molar-refractivity contribution in [1.82, 2.24) is 24.6 Å². The highest BCUT2D eigenvalue weighted by atomic mass is 15.3. The third kappa shape index (κ3) is 2.44. The van der Waals surface area contributed by atoms with Gasteiger partial charge in [-0.15, -0.1) is 0 Å². The highest BCUT2D eigenvalue weighted by Gasteiger charge is 2.34. The van der Waals surface area contributed by atoms with Crippen LogP contribution in [0.4, 0.5) is 5.82 Å². The summed E-state index contributed by atoms with van der Waals surface area (Å²) in [5, 5.41) is 4.97. The second-order valence-corrected chi connectivity index (χ2v) is 7.94. The van der Waals surface area contributed by atoms with Gasteiger partial charge in [0.25, 0.3) is 0 Å². The van der Waals surface area contributed by atoms with Crippen LogP contribution >= 0.6 is 0 Å². The zero-order valence-corrected chi connectivity index (χ0v) is 15.8. The first-order chi connectivity index (χ1) is 13.8. The molecule has 1 aliphatic heterocycles. The lowest BCUT2D eigenvalue weighted by Gasteiger charge is -2.34. The van der Waals surface area contributed by atoms with Crippen molar-refractivity contribution in [1.29, 1.82) is 0 Å². The van der Waals surface area contributed by atoms with Gasteiger partial charge in [0.05, 0.1) is 23.2 Å². The number of aryl methyl sites for hydroxylation is 1. The van der Waals surface area contributed by atoms with E-state index in [1.54, 1.807) is 6.33 Å². The number of pyridine rings is 2. The number of nitrogens with one attached hydrogen (secondary N) is 1. The summed E-state index contributed by atoms with van der Waals surface area (Å²) < 4.78 is 2.03. The molecule has 0 bridgehead atoms. The van der Waals surface area contributed by atoms with Crippen LogP contribution in [0.25, 0.3) is 5.52 Å². The molecule has 4 aromatic heterocycles. The predicted octanol–water partition coefficient (Wildman–Crippen LogP) is 3.79. The summed E-state index contributed by atoms with van der Waals surface area (Å²) in [6, 6.07) is 10.8. The van der Waals surface area contributed by atoms with Gasteiger partial charge in [-0.2, -0.15) is 5.10 Å². The fourth-order valence-corrected chi connectivity index (χ4v) is 4.38. The second-order valence-electron chi connectivity index (χ2n) is 7.94. The molecular weight excluding hydrogens is 348 g/mol. The molecule has 1 aliphatic carbocycles. The van der Waals surface area contributed by atoms with E-state index in [4.69, 9.17) is 10.1 Å². The molecule has 6 heteroatoms. The Hall–Kier alpha value is -3.15. The number of anilines is 1. The fourth-order valence-electron chi connectivity index (χ4n) is 4.38. The first-order valence-corrected chi connectivity index (χ1v) is 9.97. The monoisotopic (exact) mass is 370 g/mol. The van der Waals surface area contributed by atoms with Crippen molar-refractivity contribution in [3.63, 3.8) is 0 Å². The lowest BCUT2D eigenvalue weighted by molar-refractivity contribution is 0.610. The molecule has 0 spiro atoms. The zero-order valence-electron chi connectivity index (χ0n) is 15.8. The topological polar surface area (TPSA) is 62.1 Å². The van der Waals surface area contributed by atoms with Crippen LogP contribution in [0.15, 0.2) is 49.1 Å². The number of aromatic nitrogens is 5. The molecule has 1 N–H and O–H groups in total. The van der Waals surface area contributed by atoms with E-state index in [-0.39, 0.29) is 6.04 Å². The van der Waals surface area contributed by atoms with E-state index in [0.717, 1.165) is 30.2 Å². The Labute approximate surface area is 163 Å². The number of nitrogens with zero attached hydrogens (tertiary/aromatic N) is 5. The fraction of sp³-hybridized carbons (Fsp3) is 0.318. The number of imidazole rings is 1. The maximum atomic E-state index is 4.97. The smallest absolute Gasteiger partial charge is 0.129 e. The van der Waals surface area contributed by atoms with E-state index in [2.05, 4.69) is 52.1 Å². The van der Waals surface area contributed by atoms with Crippen LogP contribution in [0, 0.1) is 6.92 Å². The van der Waals surface area contributed by atoms with Crippen LogP contribution < -0.4 is 4.90 Å². The summed E-state index contributed by atoms with van der Waals surface area (Å²) in [5.41, 5.74) is 7.10. The van der Waals surface area contributed by atoms with Gasteiger partial charge < -0.3 is 9.88 Å². The van der Waals surface area contributed by atoms with Crippen molar-refractivity contribution in [3.05, 3.63) is 77.3 Å². The summed E-state index contributed by atoms with van der Waals surface area (Å²) in [7, 11) is 0. The SMILES string of the molecule is Cc1ccc(N2CCc3[nH]cnc3[C@@H]2c2cc3c(C4CC4)cccn3n2)nc1. The Bertz CT molecular complexity index is 1150. The number of H-pyrrole nitrogens is 1. The summed E-state index contributed by atoms with van der Waals surface area (Å²) in [6.45, 7) is 2.96. The lowest BCUT2D eigenvalue weighted by atomic mass is 9.99. The molecule has 0 saturated heterocycles. The van der Waals surface area contributed by atoms with Gasteiger partial charge in [0.15, 0.2) is 0 Å². The third-order valence-electron chi connectivity index (χ3n) is 5.97. The Kier molecular flexibility index (Phi) is 3.36. The number of aromatic amines is 1. The quantitative estimate of drug-likeness (QED) is 0.596. The van der Waals surface area contributed by atoms with E-state index in [1.807, 2.05) is 16.9 Å². The summed E-state index contributed by atoms with van der Waals surface area (Å²) >= 11 is 0. The molecule has 0 unspecified atom stereocenters. The Morgan fingerprint density at radius 3 is 2.89 bits per heavy atom. The van der Waals surface area contributed by atoms with Crippen LogP contribution in [-0.2, 0) is 6.42 Å². The van der Waals surface area contributed by atoms with Crippen molar-refractivity contribution >= 4 is 11.3 Å². The summed E-state index contributed by atoms with van der Waals surface area (Å²) in [6.07, 6.45) is 9.28. The first-order valence-electron chi connectivity index (χ1n) is 9.97. The van der Waals surface area contributed by atoms with Crippen molar-refractivity contribution in [2.24, 2.45) is 0 Å². The van der Waals surface area contributed by atoms with Gasteiger partial charge in [-0.3, -0.25) is 0 Å². The normalized spacial score (nSPS) is 19.2. The van der Waals surface area contributed by atoms with Gasteiger partial charge in [0.2, 0.25) is 0 Å². The van der Waals surface area contributed by atoms with Crippen molar-refractivity contribution < 1.29 is 0 Å². The molecule has 2 aliphatic rings. The molecule has 4 aromatic rings. The minimum atomic E-state index is -0.0304. The molecule has 5 heterocycles. The Morgan fingerprint density at radius 2 is 2.07 bits per heavy atom. The maximum absolute atomic E-state index is 4.97. The zero-order chi connectivity index (χ0) is 18.7. The average Bonchev–Trinajstić information content (AvgIpc) is 3.28. The predicted molar refractivity (Wildman–Crippen MR) is 108 cm³/mol. The Morgan fingerprint density at radius 1 is 1.14 bits per heavy atom. The van der Waals surface area contributed by atoms with E-state index < -0.39 is 0 Å². The van der Waals surface area contributed by atoms with Crippen LogP contribution in [0.1, 0.15) is 53.0 Å². The number of hydrogen-bond donors (Lipinski definition) is 1. The maximum Gasteiger partial charge on any atom is 0.129 e. The molecule has 0 radical (unpaired) electrons. The average molecular weight is 370 g/mol. The molecule has 0 aromatic carbocycles. The van der Waals surface area contributed by atoms with Gasteiger partial charge >= 0.3 is 0 Å². The lowest BCUT2D eigenvalue weighted by Crippen LogP contribution is -2.37. The van der Waals surface area contributed by atoms with Gasteiger partial charge in [-0.25, -0.2) is 14.5 Å². The molecule has 28 heavy (non-hydrogen) atoms. The van der Waals surface area contributed by atoms with Gasteiger partial charge in [-0.05, 0) is 55.0 Å². The number of hydrogen-bond acceptors (Lipinski definition) is 4. The van der Waals surface area contributed by atoms with Gasteiger partial charge in [0.1, 0.15) is 11.9 Å². The van der Waals surface area contributed by atoms with Crippen molar-refractivity contribution in [2.45, 2.75) is 38.1 Å². The van der Waals surface area contributed by atoms with E-state index in [1.165, 1.54) is 35.2 Å². The minimum Gasteiger partial charge on any atom is -0.348 e. The van der Waals surface area contributed by atoms with Crippen LogP contribution in [0.3, 0.4) is 0 Å². The molecule has 1 atom stereocenters. The van der Waals surface area contributed by atoms with Gasteiger partial charge in [0, 0.05) is 31.1 Å². The van der Waals surface area contributed by atoms with E-state index in [0.29, 0.717) is 5.92 Å². The second kappa shape index (κ2) is 5.92. The Balaban J connectivity index is 1.51. The minimum absolute atomic E-state index is 0.0304. The first kappa shape index (κ1) is 15.9. The highest BCUT2D eigenvalue weighted by molar-refractivity contribution is 5.60. The summed E-state index contributed by atoms with van der Waals surface area (Å²) in [5.74, 6) is 1.67. The van der Waals surface area contributed by atoms with Crippen LogP contribution in [0.5, 0.6) is 0 Å². The number of fused-ring (bicyclic) bond motifs is 2. The third-order valence-corrected chi connectivity index (χ3v) is 5.97. The standard InChI is InChI=1S/C22H22N6/c1-14-4-7-20(23-12-14)27-10-8-17-21(25-13-24-17)22(27)18-11-19-16(15-5-6-15)3-2-9-28(19)26-18/h2-4,7,9,11-13,15,22H,5-6,8,10H2,1H3,(H,24,25)/t22-/m0/s1. The highest BCUT2D eigenvalue weighted by Crippen LogP contribution is 2.43. The van der Waals surface area contributed by atoms with Crippen molar-refractivity contribution in [3.8, 4) is 0 Å². The molecule has 6 rings (SSSR count).